The zero-order valence-corrected chi connectivity index (χ0v) is 16.9. The predicted molar refractivity (Wildman–Crippen MR) is 109 cm³/mol. The third-order valence-electron chi connectivity index (χ3n) is 4.48. The molecule has 28 heavy (non-hydrogen) atoms. The summed E-state index contributed by atoms with van der Waals surface area (Å²) in [6.45, 7) is 0.352. The number of benzene rings is 2. The van der Waals surface area contributed by atoms with Gasteiger partial charge in [-0.2, -0.15) is 0 Å². The number of carbonyl (C=O) groups is 1. The topological polar surface area (TPSA) is 63.7 Å². The summed E-state index contributed by atoms with van der Waals surface area (Å²) < 4.78 is 11.0. The number of carbonyl (C=O) groups excluding carboxylic acids is 1. The number of methoxy groups -OCH3 is 1. The Morgan fingerprint density at radius 3 is 2.71 bits per heavy atom. The maximum absolute atomic E-state index is 12.8. The Bertz CT molecular complexity index is 1010. The second-order valence-electron chi connectivity index (χ2n) is 6.28. The molecule has 2 aromatic carbocycles. The number of nitrogens with zero attached hydrogens (tertiary/aromatic N) is 2. The molecule has 4 rings (SSSR count). The van der Waals surface area contributed by atoms with Gasteiger partial charge in [0.15, 0.2) is 0 Å². The lowest BCUT2D eigenvalue weighted by molar-refractivity contribution is 0.0732. The van der Waals surface area contributed by atoms with Gasteiger partial charge >= 0.3 is 0 Å². The highest BCUT2D eigenvalue weighted by atomic mass is 35.5. The van der Waals surface area contributed by atoms with Crippen molar-refractivity contribution in [3.63, 3.8) is 0 Å². The Hall–Kier alpha value is -2.77. The number of thiazole rings is 1. The first-order valence-electron chi connectivity index (χ1n) is 8.59. The Morgan fingerprint density at radius 1 is 1.21 bits per heavy atom. The van der Waals surface area contributed by atoms with Crippen molar-refractivity contribution in [2.45, 2.75) is 12.8 Å². The SMILES string of the molecule is COc1ccc2c(c1)C(=O)N(C)C(c1csc(COc3ccc(Cl)cc3)n1)N2. The van der Waals surface area contributed by atoms with Crippen molar-refractivity contribution in [1.29, 1.82) is 0 Å². The van der Waals surface area contributed by atoms with E-state index in [0.717, 1.165) is 22.1 Å². The number of fused-ring (bicyclic) bond motifs is 1. The average Bonchev–Trinajstić information content (AvgIpc) is 3.19. The van der Waals surface area contributed by atoms with Gasteiger partial charge in [0.2, 0.25) is 0 Å². The van der Waals surface area contributed by atoms with Crippen LogP contribution in [0.3, 0.4) is 0 Å². The molecule has 1 aliphatic heterocycles. The largest absolute Gasteiger partial charge is 0.497 e. The van der Waals surface area contributed by atoms with E-state index in [1.807, 2.05) is 29.6 Å². The normalized spacial score (nSPS) is 15.8. The second kappa shape index (κ2) is 7.69. The minimum absolute atomic E-state index is 0.0791. The molecule has 2 heterocycles. The number of amides is 1. The van der Waals surface area contributed by atoms with Gasteiger partial charge in [-0.3, -0.25) is 4.79 Å². The Balaban J connectivity index is 1.50. The zero-order chi connectivity index (χ0) is 19.7. The first-order chi connectivity index (χ1) is 13.5. The zero-order valence-electron chi connectivity index (χ0n) is 15.3. The molecule has 0 radical (unpaired) electrons. The van der Waals surface area contributed by atoms with Crippen LogP contribution in [0.15, 0.2) is 47.8 Å². The summed E-state index contributed by atoms with van der Waals surface area (Å²) in [5.74, 6) is 1.30. The second-order valence-corrected chi connectivity index (χ2v) is 7.66. The first-order valence-corrected chi connectivity index (χ1v) is 9.85. The molecule has 1 aromatic heterocycles. The van der Waals surface area contributed by atoms with E-state index < -0.39 is 0 Å². The number of nitrogens with one attached hydrogen (secondary N) is 1. The van der Waals surface area contributed by atoms with Crippen molar-refractivity contribution in [3.8, 4) is 11.5 Å². The highest BCUT2D eigenvalue weighted by Gasteiger charge is 2.32. The average molecular weight is 416 g/mol. The van der Waals surface area contributed by atoms with Crippen molar-refractivity contribution < 1.29 is 14.3 Å². The van der Waals surface area contributed by atoms with E-state index in [4.69, 9.17) is 21.1 Å². The number of hydrogen-bond acceptors (Lipinski definition) is 6. The number of halogens is 1. The van der Waals surface area contributed by atoms with Gasteiger partial charge < -0.3 is 19.7 Å². The van der Waals surface area contributed by atoms with Crippen LogP contribution in [0.25, 0.3) is 0 Å². The molecule has 1 amide bonds. The summed E-state index contributed by atoms with van der Waals surface area (Å²) in [7, 11) is 3.34. The van der Waals surface area contributed by atoms with E-state index in [2.05, 4.69) is 10.3 Å². The van der Waals surface area contributed by atoms with E-state index in [-0.39, 0.29) is 12.1 Å². The molecule has 3 aromatic rings. The lowest BCUT2D eigenvalue weighted by atomic mass is 10.1. The predicted octanol–water partition coefficient (Wildman–Crippen LogP) is 4.58. The third-order valence-corrected chi connectivity index (χ3v) is 5.58. The molecule has 144 valence electrons. The molecule has 0 saturated carbocycles. The monoisotopic (exact) mass is 415 g/mol. The van der Waals surface area contributed by atoms with Crippen LogP contribution >= 0.6 is 22.9 Å². The number of aromatic nitrogens is 1. The van der Waals surface area contributed by atoms with Gasteiger partial charge in [0.25, 0.3) is 5.91 Å². The standard InChI is InChI=1S/C20H18ClN3O3S/c1-24-19(23-16-8-7-14(26-2)9-15(16)20(24)25)17-11-28-18(22-17)10-27-13-5-3-12(21)4-6-13/h3-9,11,19,23H,10H2,1-2H3. The Morgan fingerprint density at radius 2 is 1.96 bits per heavy atom. The van der Waals surface area contributed by atoms with E-state index in [9.17, 15) is 4.79 Å². The van der Waals surface area contributed by atoms with Gasteiger partial charge in [0, 0.05) is 23.1 Å². The van der Waals surface area contributed by atoms with Crippen LogP contribution < -0.4 is 14.8 Å². The molecular formula is C20H18ClN3O3S. The minimum atomic E-state index is -0.339. The smallest absolute Gasteiger partial charge is 0.257 e. The number of rotatable bonds is 5. The van der Waals surface area contributed by atoms with Gasteiger partial charge in [-0.1, -0.05) is 11.6 Å². The van der Waals surface area contributed by atoms with Crippen molar-refractivity contribution >= 4 is 34.5 Å². The first kappa shape index (κ1) is 18.6. The lowest BCUT2D eigenvalue weighted by Crippen LogP contribution is -2.40. The maximum Gasteiger partial charge on any atom is 0.257 e. The van der Waals surface area contributed by atoms with Crippen molar-refractivity contribution in [1.82, 2.24) is 9.88 Å². The molecule has 0 bridgehead atoms. The van der Waals surface area contributed by atoms with Crippen molar-refractivity contribution in [3.05, 3.63) is 69.1 Å². The quantitative estimate of drug-likeness (QED) is 0.660. The van der Waals surface area contributed by atoms with Crippen molar-refractivity contribution in [2.24, 2.45) is 0 Å². The van der Waals surface area contributed by atoms with E-state index in [1.54, 1.807) is 37.3 Å². The molecule has 1 aliphatic rings. The van der Waals surface area contributed by atoms with Crippen LogP contribution in [-0.2, 0) is 6.61 Å². The van der Waals surface area contributed by atoms with Crippen LogP contribution in [0.1, 0.15) is 27.2 Å². The van der Waals surface area contributed by atoms with Crippen LogP contribution in [0.5, 0.6) is 11.5 Å². The van der Waals surface area contributed by atoms with Gasteiger partial charge in [0.1, 0.15) is 29.3 Å². The highest BCUT2D eigenvalue weighted by molar-refractivity contribution is 7.09. The number of anilines is 1. The summed E-state index contributed by atoms with van der Waals surface area (Å²) in [5, 5.41) is 6.81. The van der Waals surface area contributed by atoms with Crippen LogP contribution in [-0.4, -0.2) is 29.9 Å². The minimum Gasteiger partial charge on any atom is -0.497 e. The molecule has 1 unspecified atom stereocenters. The molecule has 6 nitrogen and oxygen atoms in total. The third kappa shape index (κ3) is 3.63. The molecular weight excluding hydrogens is 398 g/mol. The van der Waals surface area contributed by atoms with Crippen molar-refractivity contribution in [2.75, 3.05) is 19.5 Å². The van der Waals surface area contributed by atoms with E-state index >= 15 is 0 Å². The molecule has 1 atom stereocenters. The highest BCUT2D eigenvalue weighted by Crippen LogP contribution is 2.34. The Kier molecular flexibility index (Phi) is 5.11. The van der Waals surface area contributed by atoms with Gasteiger partial charge in [0.05, 0.1) is 18.4 Å². The van der Waals surface area contributed by atoms with Crippen LogP contribution in [0.4, 0.5) is 5.69 Å². The van der Waals surface area contributed by atoms with E-state index in [1.165, 1.54) is 11.3 Å². The molecule has 0 fully saturated rings. The van der Waals surface area contributed by atoms with Gasteiger partial charge in [-0.15, -0.1) is 11.3 Å². The van der Waals surface area contributed by atoms with Gasteiger partial charge in [-0.25, -0.2) is 4.98 Å². The fourth-order valence-corrected chi connectivity index (χ4v) is 3.82. The van der Waals surface area contributed by atoms with E-state index in [0.29, 0.717) is 22.9 Å². The summed E-state index contributed by atoms with van der Waals surface area (Å²) in [6, 6.07) is 12.6. The van der Waals surface area contributed by atoms with Crippen LogP contribution in [0, 0.1) is 0 Å². The molecule has 0 saturated heterocycles. The maximum atomic E-state index is 12.8. The molecule has 0 aliphatic carbocycles. The fourth-order valence-electron chi connectivity index (χ4n) is 2.97. The lowest BCUT2D eigenvalue weighted by Gasteiger charge is -2.34. The Labute approximate surface area is 171 Å². The van der Waals surface area contributed by atoms with Gasteiger partial charge in [-0.05, 0) is 42.5 Å². The molecule has 1 N–H and O–H groups in total. The fraction of sp³-hybridized carbons (Fsp3) is 0.200. The molecule has 8 heteroatoms. The summed E-state index contributed by atoms with van der Waals surface area (Å²) in [4.78, 5) is 19.1. The summed E-state index contributed by atoms with van der Waals surface area (Å²) >= 11 is 7.38. The summed E-state index contributed by atoms with van der Waals surface area (Å²) in [6.07, 6.45) is -0.339. The summed E-state index contributed by atoms with van der Waals surface area (Å²) in [5.41, 5.74) is 2.12. The number of ether oxygens (including phenoxy) is 2. The van der Waals surface area contributed by atoms with Crippen LogP contribution in [0.2, 0.25) is 5.02 Å². The molecule has 0 spiro atoms. The number of hydrogen-bond donors (Lipinski definition) is 1.